The van der Waals surface area contributed by atoms with Gasteiger partial charge < -0.3 is 40.4 Å². The Labute approximate surface area is 276 Å². The second-order valence-corrected chi connectivity index (χ2v) is 12.5. The minimum Gasteiger partial charge on any atom is -0.480 e. The van der Waals surface area contributed by atoms with Crippen LogP contribution in [0.15, 0.2) is 60.7 Å². The highest BCUT2D eigenvalue weighted by Gasteiger charge is 2.27. The van der Waals surface area contributed by atoms with Gasteiger partial charge >= 0.3 is 30.1 Å². The zero-order valence-corrected chi connectivity index (χ0v) is 28.2. The number of alkyl carbamates (subject to hydrolysis) is 2. The maximum Gasteiger partial charge on any atom is 0.408 e. The summed E-state index contributed by atoms with van der Waals surface area (Å²) < 4.78 is 20.0. The lowest BCUT2D eigenvalue weighted by Crippen LogP contribution is -2.46. The van der Waals surface area contributed by atoms with Gasteiger partial charge in [0, 0.05) is 0 Å². The molecule has 13 nitrogen and oxygen atoms in total. The number of carboxylic acids is 1. The maximum atomic E-state index is 12.3. The van der Waals surface area contributed by atoms with Crippen LogP contribution in [0, 0.1) is 0 Å². The number of nitrogens with one attached hydrogen (secondary N) is 2. The number of aliphatic carboxylic acids is 1. The van der Waals surface area contributed by atoms with E-state index in [4.69, 9.17) is 29.8 Å². The number of ether oxygens (including phenoxy) is 4. The summed E-state index contributed by atoms with van der Waals surface area (Å²) >= 11 is 0. The Bertz CT molecular complexity index is 1270. The molecule has 2 amide bonds. The van der Waals surface area contributed by atoms with Crippen LogP contribution in [0.25, 0.3) is 0 Å². The molecule has 0 aromatic heterocycles. The molecule has 47 heavy (non-hydrogen) atoms. The van der Waals surface area contributed by atoms with Crippen molar-refractivity contribution >= 4 is 30.1 Å². The summed E-state index contributed by atoms with van der Waals surface area (Å²) in [5.74, 6) is -2.51. The van der Waals surface area contributed by atoms with Crippen molar-refractivity contribution in [1.82, 2.24) is 10.6 Å². The number of aryl methyl sites for hydroxylation is 2. The highest BCUT2D eigenvalue weighted by molar-refractivity contribution is 5.82. The molecule has 0 bridgehead atoms. The van der Waals surface area contributed by atoms with Crippen molar-refractivity contribution in [2.45, 2.75) is 96.6 Å². The topological polar surface area (TPSA) is 193 Å². The standard InChI is InChI=1S/C18H26N2O6.C16H23NO4/c1-18(2,3)26-17(24)20-14(10-9-12-7-5-4-6-8-12)16(23)25-11-13(19)15(21)22;1-16(2,3)21-15(19)17-13(14(18)20-4)11-10-12-8-6-5-7-9-12/h4-8,13-14H,9-11,19H2,1-3H3,(H,20,24)(H,21,22);5-9,13H,10-11H2,1-4H3,(H,17,19)/t13-,14+;13-/m01/s1. The van der Waals surface area contributed by atoms with Gasteiger partial charge in [0.2, 0.25) is 0 Å². The van der Waals surface area contributed by atoms with Crippen molar-refractivity contribution in [1.29, 1.82) is 0 Å². The van der Waals surface area contributed by atoms with Crippen molar-refractivity contribution in [2.75, 3.05) is 13.7 Å². The van der Waals surface area contributed by atoms with E-state index in [-0.39, 0.29) is 6.42 Å². The molecule has 0 fully saturated rings. The fourth-order valence-corrected chi connectivity index (χ4v) is 3.79. The Balaban J connectivity index is 0.000000481. The van der Waals surface area contributed by atoms with Gasteiger partial charge in [-0.25, -0.2) is 19.2 Å². The molecule has 2 aromatic rings. The number of methoxy groups -OCH3 is 1. The quantitative estimate of drug-likeness (QED) is 0.178. The van der Waals surface area contributed by atoms with Crippen molar-refractivity contribution in [2.24, 2.45) is 5.73 Å². The molecule has 260 valence electrons. The van der Waals surface area contributed by atoms with E-state index in [0.29, 0.717) is 19.3 Å². The third-order valence-corrected chi connectivity index (χ3v) is 6.00. The average molecular weight is 660 g/mol. The predicted octanol–water partition coefficient (Wildman–Crippen LogP) is 4.15. The molecular weight excluding hydrogens is 610 g/mol. The van der Waals surface area contributed by atoms with Crippen LogP contribution in [0.1, 0.15) is 65.5 Å². The number of hydrogen-bond acceptors (Lipinski definition) is 10. The lowest BCUT2D eigenvalue weighted by molar-refractivity contribution is -0.150. The molecule has 13 heteroatoms. The molecule has 3 atom stereocenters. The minimum atomic E-state index is -1.32. The molecule has 0 aliphatic heterocycles. The van der Waals surface area contributed by atoms with Crippen LogP contribution < -0.4 is 16.4 Å². The number of carboxylic acid groups (broad SMARTS) is 1. The monoisotopic (exact) mass is 659 g/mol. The van der Waals surface area contributed by atoms with Crippen LogP contribution in [0.5, 0.6) is 0 Å². The van der Waals surface area contributed by atoms with Gasteiger partial charge in [0.25, 0.3) is 0 Å². The van der Waals surface area contributed by atoms with Gasteiger partial charge in [-0.1, -0.05) is 60.7 Å². The van der Waals surface area contributed by atoms with Gasteiger partial charge in [-0.2, -0.15) is 0 Å². The Kier molecular flexibility index (Phi) is 17.0. The summed E-state index contributed by atoms with van der Waals surface area (Å²) in [6, 6.07) is 16.1. The fraction of sp³-hybridized carbons (Fsp3) is 0.500. The highest BCUT2D eigenvalue weighted by atomic mass is 16.6. The number of hydrogen-bond donors (Lipinski definition) is 4. The van der Waals surface area contributed by atoms with E-state index in [0.717, 1.165) is 11.1 Å². The molecule has 0 unspecified atom stereocenters. The van der Waals surface area contributed by atoms with Gasteiger partial charge in [0.1, 0.15) is 35.9 Å². The van der Waals surface area contributed by atoms with Crippen LogP contribution >= 0.6 is 0 Å². The van der Waals surface area contributed by atoms with E-state index >= 15 is 0 Å². The van der Waals surface area contributed by atoms with Crippen molar-refractivity contribution in [3.63, 3.8) is 0 Å². The summed E-state index contributed by atoms with van der Waals surface area (Å²) in [6.07, 6.45) is 0.527. The summed E-state index contributed by atoms with van der Waals surface area (Å²) in [5, 5.41) is 13.8. The summed E-state index contributed by atoms with van der Waals surface area (Å²) in [5.41, 5.74) is 6.08. The summed E-state index contributed by atoms with van der Waals surface area (Å²) in [4.78, 5) is 58.4. The molecule has 0 aliphatic carbocycles. The van der Waals surface area contributed by atoms with E-state index in [2.05, 4.69) is 10.6 Å². The summed E-state index contributed by atoms with van der Waals surface area (Å²) in [7, 11) is 1.30. The number of carbonyl (C=O) groups is 5. The van der Waals surface area contributed by atoms with E-state index in [1.807, 2.05) is 60.7 Å². The Hall–Kier alpha value is -4.65. The summed E-state index contributed by atoms with van der Waals surface area (Å²) in [6.45, 7) is 9.93. The Morgan fingerprint density at radius 2 is 1.09 bits per heavy atom. The largest absolute Gasteiger partial charge is 0.480 e. The molecule has 0 heterocycles. The molecule has 2 rings (SSSR count). The third kappa shape index (κ3) is 18.8. The number of nitrogens with two attached hydrogens (primary N) is 1. The first-order chi connectivity index (χ1) is 21.9. The van der Waals surface area contributed by atoms with E-state index in [1.54, 1.807) is 41.5 Å². The molecule has 2 aromatic carbocycles. The van der Waals surface area contributed by atoms with Gasteiger partial charge in [0.05, 0.1) is 7.11 Å². The van der Waals surface area contributed by atoms with Crippen molar-refractivity contribution in [3.05, 3.63) is 71.8 Å². The van der Waals surface area contributed by atoms with Gasteiger partial charge in [0.15, 0.2) is 0 Å². The first-order valence-corrected chi connectivity index (χ1v) is 15.2. The van der Waals surface area contributed by atoms with E-state index in [9.17, 15) is 24.0 Å². The highest BCUT2D eigenvalue weighted by Crippen LogP contribution is 2.11. The SMILES string of the molecule is CC(C)(C)OC(=O)N[C@H](CCc1ccccc1)C(=O)OC[C@H](N)C(=O)O.COC(=O)[C@@H](CCc1ccccc1)NC(=O)OC(C)(C)C. The maximum absolute atomic E-state index is 12.3. The molecule has 0 spiro atoms. The zero-order valence-electron chi connectivity index (χ0n) is 28.2. The zero-order chi connectivity index (χ0) is 35.6. The number of benzene rings is 2. The van der Waals surface area contributed by atoms with Gasteiger partial charge in [-0.3, -0.25) is 4.79 Å². The first kappa shape index (κ1) is 40.4. The molecule has 0 aliphatic rings. The fourth-order valence-electron chi connectivity index (χ4n) is 3.79. The predicted molar refractivity (Wildman–Crippen MR) is 174 cm³/mol. The molecule has 0 saturated carbocycles. The lowest BCUT2D eigenvalue weighted by atomic mass is 10.1. The van der Waals surface area contributed by atoms with Crippen molar-refractivity contribution < 1.29 is 48.0 Å². The van der Waals surface area contributed by atoms with Crippen LogP contribution in [0.2, 0.25) is 0 Å². The molecule has 5 N–H and O–H groups in total. The van der Waals surface area contributed by atoms with Gasteiger partial charge in [-0.05, 0) is 78.4 Å². The third-order valence-electron chi connectivity index (χ3n) is 6.00. The van der Waals surface area contributed by atoms with Crippen LogP contribution in [-0.4, -0.2) is 78.2 Å². The number of esters is 2. The minimum absolute atomic E-state index is 0.268. The molecule has 0 radical (unpaired) electrons. The van der Waals surface area contributed by atoms with E-state index < -0.39 is 66.0 Å². The second-order valence-electron chi connectivity index (χ2n) is 12.5. The Morgan fingerprint density at radius 1 is 0.702 bits per heavy atom. The van der Waals surface area contributed by atoms with Gasteiger partial charge in [-0.15, -0.1) is 0 Å². The molecular formula is C34H49N3O10. The Morgan fingerprint density at radius 3 is 1.43 bits per heavy atom. The van der Waals surface area contributed by atoms with Crippen molar-refractivity contribution in [3.8, 4) is 0 Å². The second kappa shape index (κ2) is 19.8. The van der Waals surface area contributed by atoms with E-state index in [1.165, 1.54) is 7.11 Å². The normalized spacial score (nSPS) is 12.9. The first-order valence-electron chi connectivity index (χ1n) is 15.2. The number of amides is 2. The average Bonchev–Trinajstić information content (AvgIpc) is 2.99. The smallest absolute Gasteiger partial charge is 0.408 e. The lowest BCUT2D eigenvalue weighted by Gasteiger charge is -2.23. The van der Waals surface area contributed by atoms with Crippen LogP contribution in [0.3, 0.4) is 0 Å². The number of rotatable bonds is 13. The van der Waals surface area contributed by atoms with Crippen LogP contribution in [-0.2, 0) is 46.2 Å². The molecule has 0 saturated heterocycles. The van der Waals surface area contributed by atoms with Crippen LogP contribution in [0.4, 0.5) is 9.59 Å². The number of carbonyl (C=O) groups excluding carboxylic acids is 4.